The standard InChI is InChI=1S/C19H22N2O8S/c1-27-13-5-3-11-15(16(13)28-2)19(24)29-18(11)21-12(4-6-14(21)22)17(23)20-10-7-8-30(25,26)9-10/h3,5,10,12,18H,4,6-9H2,1-2H3,(H,20,23)/t10-,12+,18-/m1/s1. The van der Waals surface area contributed by atoms with Crippen molar-refractivity contribution in [3.05, 3.63) is 23.3 Å². The molecule has 2 amide bonds. The number of cyclic esters (lactones) is 1. The fourth-order valence-electron chi connectivity index (χ4n) is 4.25. The molecular weight excluding hydrogens is 416 g/mol. The van der Waals surface area contributed by atoms with E-state index in [1.54, 1.807) is 12.1 Å². The lowest BCUT2D eigenvalue weighted by Gasteiger charge is -2.29. The fourth-order valence-corrected chi connectivity index (χ4v) is 5.92. The van der Waals surface area contributed by atoms with Gasteiger partial charge in [0.25, 0.3) is 0 Å². The first-order valence-electron chi connectivity index (χ1n) is 9.53. The Morgan fingerprint density at radius 1 is 1.20 bits per heavy atom. The molecule has 0 unspecified atom stereocenters. The number of esters is 1. The second-order valence-corrected chi connectivity index (χ2v) is 9.72. The van der Waals surface area contributed by atoms with Gasteiger partial charge in [-0.25, -0.2) is 13.2 Å². The summed E-state index contributed by atoms with van der Waals surface area (Å²) in [5, 5.41) is 2.73. The summed E-state index contributed by atoms with van der Waals surface area (Å²) < 4.78 is 39.3. The Kier molecular flexibility index (Phi) is 5.08. The van der Waals surface area contributed by atoms with Gasteiger partial charge in [-0.05, 0) is 25.0 Å². The minimum atomic E-state index is -3.16. The molecule has 1 aromatic rings. The fraction of sp³-hybridized carbons (Fsp3) is 0.526. The first kappa shape index (κ1) is 20.5. The van der Waals surface area contributed by atoms with Crippen LogP contribution in [0.1, 0.15) is 41.4 Å². The molecule has 0 radical (unpaired) electrons. The molecule has 3 heterocycles. The van der Waals surface area contributed by atoms with Crippen LogP contribution >= 0.6 is 0 Å². The lowest BCUT2D eigenvalue weighted by atomic mass is 10.0. The van der Waals surface area contributed by atoms with E-state index in [2.05, 4.69) is 5.32 Å². The Labute approximate surface area is 173 Å². The van der Waals surface area contributed by atoms with Crippen molar-refractivity contribution < 1.29 is 37.0 Å². The van der Waals surface area contributed by atoms with Crippen LogP contribution in [0.25, 0.3) is 0 Å². The van der Waals surface area contributed by atoms with E-state index in [0.717, 1.165) is 0 Å². The molecule has 11 heteroatoms. The average molecular weight is 438 g/mol. The minimum Gasteiger partial charge on any atom is -0.493 e. The number of hydrogen-bond acceptors (Lipinski definition) is 8. The monoisotopic (exact) mass is 438 g/mol. The summed E-state index contributed by atoms with van der Waals surface area (Å²) in [6, 6.07) is 1.86. The van der Waals surface area contributed by atoms with Crippen molar-refractivity contribution in [2.75, 3.05) is 25.7 Å². The number of sulfone groups is 1. The molecule has 0 saturated carbocycles. The summed E-state index contributed by atoms with van der Waals surface area (Å²) in [5.41, 5.74) is 0.566. The molecule has 0 spiro atoms. The second kappa shape index (κ2) is 7.46. The van der Waals surface area contributed by atoms with Crippen molar-refractivity contribution in [2.24, 2.45) is 0 Å². The Balaban J connectivity index is 1.61. The molecule has 3 aliphatic heterocycles. The van der Waals surface area contributed by atoms with Crippen molar-refractivity contribution in [1.82, 2.24) is 10.2 Å². The Hall–Kier alpha value is -2.82. The van der Waals surface area contributed by atoms with Crippen LogP contribution in [-0.4, -0.2) is 68.9 Å². The summed E-state index contributed by atoms with van der Waals surface area (Å²) in [4.78, 5) is 39.3. The van der Waals surface area contributed by atoms with Crippen LogP contribution < -0.4 is 14.8 Å². The number of carbonyl (C=O) groups excluding carboxylic acids is 3. The highest BCUT2D eigenvalue weighted by atomic mass is 32.2. The van der Waals surface area contributed by atoms with Gasteiger partial charge in [-0.2, -0.15) is 0 Å². The van der Waals surface area contributed by atoms with Crippen LogP contribution in [0.5, 0.6) is 11.5 Å². The van der Waals surface area contributed by atoms with Gasteiger partial charge in [-0.3, -0.25) is 14.5 Å². The van der Waals surface area contributed by atoms with Crippen LogP contribution in [0.3, 0.4) is 0 Å². The zero-order valence-corrected chi connectivity index (χ0v) is 17.4. The predicted octanol–water partition coefficient (Wildman–Crippen LogP) is 0.167. The minimum absolute atomic E-state index is 0.0283. The predicted molar refractivity (Wildman–Crippen MR) is 103 cm³/mol. The first-order chi connectivity index (χ1) is 14.3. The summed E-state index contributed by atoms with van der Waals surface area (Å²) in [7, 11) is -0.322. The normalized spacial score (nSPS) is 27.0. The lowest BCUT2D eigenvalue weighted by Crippen LogP contribution is -2.49. The van der Waals surface area contributed by atoms with Crippen molar-refractivity contribution in [3.63, 3.8) is 0 Å². The van der Waals surface area contributed by atoms with E-state index in [1.165, 1.54) is 19.1 Å². The Morgan fingerprint density at radius 2 is 1.97 bits per heavy atom. The van der Waals surface area contributed by atoms with E-state index in [9.17, 15) is 22.8 Å². The molecule has 1 N–H and O–H groups in total. The smallest absolute Gasteiger partial charge is 0.344 e. The third kappa shape index (κ3) is 3.36. The maximum Gasteiger partial charge on any atom is 0.344 e. The van der Waals surface area contributed by atoms with Crippen molar-refractivity contribution >= 4 is 27.6 Å². The van der Waals surface area contributed by atoms with Gasteiger partial charge in [-0.15, -0.1) is 0 Å². The van der Waals surface area contributed by atoms with E-state index >= 15 is 0 Å². The van der Waals surface area contributed by atoms with Gasteiger partial charge in [0.2, 0.25) is 18.0 Å². The van der Waals surface area contributed by atoms with Gasteiger partial charge < -0.3 is 19.5 Å². The van der Waals surface area contributed by atoms with Crippen molar-refractivity contribution in [2.45, 2.75) is 37.6 Å². The van der Waals surface area contributed by atoms with E-state index in [1.807, 2.05) is 0 Å². The zero-order chi connectivity index (χ0) is 21.6. The Bertz CT molecular complexity index is 1020. The topological polar surface area (TPSA) is 128 Å². The SMILES string of the molecule is COc1ccc2c(c1OC)C(=O)O[C@H]2N1C(=O)CC[C@H]1C(=O)N[C@@H]1CCS(=O)(=O)C1. The second-order valence-electron chi connectivity index (χ2n) is 7.49. The molecule has 0 aromatic heterocycles. The van der Waals surface area contributed by atoms with E-state index < -0.39 is 40.0 Å². The largest absolute Gasteiger partial charge is 0.493 e. The number of amides is 2. The van der Waals surface area contributed by atoms with E-state index in [-0.39, 0.29) is 41.6 Å². The van der Waals surface area contributed by atoms with Crippen LogP contribution in [0.2, 0.25) is 0 Å². The number of nitrogens with zero attached hydrogens (tertiary/aromatic N) is 1. The summed E-state index contributed by atoms with van der Waals surface area (Å²) >= 11 is 0. The average Bonchev–Trinajstić information content (AvgIpc) is 3.35. The van der Waals surface area contributed by atoms with E-state index in [0.29, 0.717) is 17.7 Å². The molecule has 162 valence electrons. The van der Waals surface area contributed by atoms with Crippen LogP contribution in [-0.2, 0) is 24.2 Å². The summed E-state index contributed by atoms with van der Waals surface area (Å²) in [6.07, 6.45) is -0.351. The van der Waals surface area contributed by atoms with Gasteiger partial charge in [0.1, 0.15) is 11.6 Å². The highest BCUT2D eigenvalue weighted by Crippen LogP contribution is 2.45. The Morgan fingerprint density at radius 3 is 2.60 bits per heavy atom. The van der Waals surface area contributed by atoms with Gasteiger partial charge in [0, 0.05) is 18.0 Å². The molecule has 3 atom stereocenters. The molecule has 2 saturated heterocycles. The molecule has 30 heavy (non-hydrogen) atoms. The molecule has 10 nitrogen and oxygen atoms in total. The molecule has 1 aromatic carbocycles. The quantitative estimate of drug-likeness (QED) is 0.644. The number of rotatable bonds is 5. The number of hydrogen-bond donors (Lipinski definition) is 1. The molecule has 3 aliphatic rings. The van der Waals surface area contributed by atoms with Gasteiger partial charge in [-0.1, -0.05) is 0 Å². The summed E-state index contributed by atoms with van der Waals surface area (Å²) in [5.74, 6) is -0.989. The third-order valence-electron chi connectivity index (χ3n) is 5.66. The maximum absolute atomic E-state index is 12.9. The molecular formula is C19H22N2O8S. The number of methoxy groups -OCH3 is 2. The molecule has 0 bridgehead atoms. The maximum atomic E-state index is 12.9. The number of carbonyl (C=O) groups is 3. The number of nitrogens with one attached hydrogen (secondary N) is 1. The molecule has 2 fully saturated rings. The first-order valence-corrected chi connectivity index (χ1v) is 11.4. The van der Waals surface area contributed by atoms with E-state index in [4.69, 9.17) is 14.2 Å². The number of ether oxygens (including phenoxy) is 3. The highest BCUT2D eigenvalue weighted by Gasteiger charge is 2.48. The third-order valence-corrected chi connectivity index (χ3v) is 7.42. The zero-order valence-electron chi connectivity index (χ0n) is 16.5. The van der Waals surface area contributed by atoms with Crippen molar-refractivity contribution in [3.8, 4) is 11.5 Å². The highest BCUT2D eigenvalue weighted by molar-refractivity contribution is 7.91. The number of fused-ring (bicyclic) bond motifs is 1. The molecule has 0 aliphatic carbocycles. The summed E-state index contributed by atoms with van der Waals surface area (Å²) in [6.45, 7) is 0. The number of benzene rings is 1. The van der Waals surface area contributed by atoms with Crippen LogP contribution in [0.4, 0.5) is 0 Å². The van der Waals surface area contributed by atoms with Crippen molar-refractivity contribution in [1.29, 1.82) is 0 Å². The lowest BCUT2D eigenvalue weighted by molar-refractivity contribution is -0.145. The van der Waals surface area contributed by atoms with Gasteiger partial charge >= 0.3 is 5.97 Å². The van der Waals surface area contributed by atoms with Crippen LogP contribution in [0.15, 0.2) is 12.1 Å². The number of likely N-dealkylation sites (tertiary alicyclic amines) is 1. The van der Waals surface area contributed by atoms with Gasteiger partial charge in [0.15, 0.2) is 21.3 Å². The van der Waals surface area contributed by atoms with Gasteiger partial charge in [0.05, 0.1) is 25.7 Å². The molecule has 4 rings (SSSR count). The van der Waals surface area contributed by atoms with Crippen LogP contribution in [0, 0.1) is 0 Å².